The van der Waals surface area contributed by atoms with Gasteiger partial charge in [0.1, 0.15) is 11.6 Å². The monoisotopic (exact) mass is 243 g/mol. The molecule has 1 rings (SSSR count). The fourth-order valence-electron chi connectivity index (χ4n) is 1.43. The van der Waals surface area contributed by atoms with Crippen molar-refractivity contribution in [2.45, 2.75) is 26.3 Å². The molecule has 0 unspecified atom stereocenters. The summed E-state index contributed by atoms with van der Waals surface area (Å²) in [6.07, 6.45) is 0.466. The maximum Gasteiger partial charge on any atom is 0.129 e. The lowest BCUT2D eigenvalue weighted by molar-refractivity contribution is 0.137. The molecule has 0 amide bonds. The number of benzene rings is 1. The summed E-state index contributed by atoms with van der Waals surface area (Å²) in [5.74, 6) is -1.05. The highest BCUT2D eigenvalue weighted by atomic mass is 19.1. The van der Waals surface area contributed by atoms with Gasteiger partial charge in [0.15, 0.2) is 0 Å². The van der Waals surface area contributed by atoms with Gasteiger partial charge in [0, 0.05) is 18.7 Å². The second-order valence-corrected chi connectivity index (χ2v) is 4.21. The Morgan fingerprint density at radius 2 is 2.00 bits per heavy atom. The van der Waals surface area contributed by atoms with E-state index in [1.807, 2.05) is 0 Å². The van der Waals surface area contributed by atoms with Crippen molar-refractivity contribution in [2.24, 2.45) is 0 Å². The number of halogens is 2. The van der Waals surface area contributed by atoms with E-state index in [0.717, 1.165) is 12.6 Å². The van der Waals surface area contributed by atoms with Crippen LogP contribution >= 0.6 is 0 Å². The minimum Gasteiger partial charge on any atom is -0.380 e. The molecule has 96 valence electrons. The van der Waals surface area contributed by atoms with Crippen LogP contribution in [0.1, 0.15) is 19.4 Å². The summed E-state index contributed by atoms with van der Waals surface area (Å²) in [7, 11) is 0. The number of rotatable bonds is 7. The molecule has 0 fully saturated rings. The molecule has 0 aromatic heterocycles. The molecule has 2 nitrogen and oxygen atoms in total. The van der Waals surface area contributed by atoms with Crippen molar-refractivity contribution in [3.63, 3.8) is 0 Å². The molecule has 17 heavy (non-hydrogen) atoms. The number of hydrogen-bond donors (Lipinski definition) is 1. The van der Waals surface area contributed by atoms with Crippen LogP contribution in [0.2, 0.25) is 0 Å². The summed E-state index contributed by atoms with van der Waals surface area (Å²) in [4.78, 5) is 0. The minimum atomic E-state index is -0.548. The first kappa shape index (κ1) is 14.1. The lowest BCUT2D eigenvalue weighted by Crippen LogP contribution is -2.26. The molecule has 0 aliphatic heterocycles. The van der Waals surface area contributed by atoms with Gasteiger partial charge < -0.3 is 10.1 Å². The molecule has 0 bridgehead atoms. The van der Waals surface area contributed by atoms with E-state index in [0.29, 0.717) is 31.2 Å². The topological polar surface area (TPSA) is 21.3 Å². The molecule has 4 heteroatoms. The van der Waals surface area contributed by atoms with Crippen molar-refractivity contribution in [3.05, 3.63) is 35.4 Å². The Morgan fingerprint density at radius 1 is 1.24 bits per heavy atom. The van der Waals surface area contributed by atoms with Crippen molar-refractivity contribution in [1.82, 2.24) is 5.32 Å². The SMILES string of the molecule is CC(C)NCCOCCc1ccc(F)cc1F. The van der Waals surface area contributed by atoms with E-state index in [4.69, 9.17) is 4.74 Å². The van der Waals surface area contributed by atoms with Crippen LogP contribution in [-0.4, -0.2) is 25.8 Å². The summed E-state index contributed by atoms with van der Waals surface area (Å²) in [5.41, 5.74) is 0.489. The molecule has 0 saturated carbocycles. The fraction of sp³-hybridized carbons (Fsp3) is 0.538. The summed E-state index contributed by atoms with van der Waals surface area (Å²) in [6.45, 7) is 5.95. The predicted octanol–water partition coefficient (Wildman–Crippen LogP) is 2.52. The molecule has 1 aromatic rings. The van der Waals surface area contributed by atoms with Gasteiger partial charge in [-0.25, -0.2) is 8.78 Å². The van der Waals surface area contributed by atoms with Gasteiger partial charge in [0.2, 0.25) is 0 Å². The Hall–Kier alpha value is -1.00. The van der Waals surface area contributed by atoms with Gasteiger partial charge in [-0.05, 0) is 18.1 Å². The average molecular weight is 243 g/mol. The molecule has 0 spiro atoms. The average Bonchev–Trinajstić information content (AvgIpc) is 2.25. The first-order valence-corrected chi connectivity index (χ1v) is 5.84. The van der Waals surface area contributed by atoms with Crippen LogP contribution in [0.15, 0.2) is 18.2 Å². The second-order valence-electron chi connectivity index (χ2n) is 4.21. The molecule has 0 atom stereocenters. The van der Waals surface area contributed by atoms with Gasteiger partial charge in [-0.2, -0.15) is 0 Å². The molecule has 0 aliphatic rings. The first-order chi connectivity index (χ1) is 8.09. The van der Waals surface area contributed by atoms with Crippen LogP contribution in [0.4, 0.5) is 8.78 Å². The lowest BCUT2D eigenvalue weighted by Gasteiger charge is -2.08. The molecular formula is C13H19F2NO. The highest BCUT2D eigenvalue weighted by Crippen LogP contribution is 2.09. The summed E-state index contributed by atoms with van der Waals surface area (Å²) in [6, 6.07) is 4.06. The zero-order valence-electron chi connectivity index (χ0n) is 10.3. The van der Waals surface area contributed by atoms with Crippen LogP contribution < -0.4 is 5.32 Å². The largest absolute Gasteiger partial charge is 0.380 e. The zero-order valence-corrected chi connectivity index (χ0v) is 10.3. The Bertz CT molecular complexity index is 342. The third kappa shape index (κ3) is 5.75. The van der Waals surface area contributed by atoms with E-state index in [1.54, 1.807) is 0 Å². The smallest absolute Gasteiger partial charge is 0.129 e. The molecular weight excluding hydrogens is 224 g/mol. The number of ether oxygens (including phenoxy) is 1. The van der Waals surface area contributed by atoms with Crippen molar-refractivity contribution in [2.75, 3.05) is 19.8 Å². The fourth-order valence-corrected chi connectivity index (χ4v) is 1.43. The van der Waals surface area contributed by atoms with E-state index in [1.165, 1.54) is 12.1 Å². The molecule has 0 saturated heterocycles. The molecule has 1 N–H and O–H groups in total. The maximum atomic E-state index is 13.2. The predicted molar refractivity (Wildman–Crippen MR) is 64.0 cm³/mol. The first-order valence-electron chi connectivity index (χ1n) is 5.84. The van der Waals surface area contributed by atoms with E-state index in [9.17, 15) is 8.78 Å². The van der Waals surface area contributed by atoms with Crippen LogP contribution in [0.5, 0.6) is 0 Å². The Kier molecular flexibility index (Phi) is 6.08. The molecule has 0 heterocycles. The highest BCUT2D eigenvalue weighted by Gasteiger charge is 2.03. The summed E-state index contributed by atoms with van der Waals surface area (Å²) < 4.78 is 31.2. The summed E-state index contributed by atoms with van der Waals surface area (Å²) in [5, 5.41) is 3.21. The van der Waals surface area contributed by atoms with Crippen molar-refractivity contribution < 1.29 is 13.5 Å². The second kappa shape index (κ2) is 7.35. The van der Waals surface area contributed by atoms with E-state index < -0.39 is 11.6 Å². The Morgan fingerprint density at radius 3 is 2.65 bits per heavy atom. The Balaban J connectivity index is 2.18. The van der Waals surface area contributed by atoms with Gasteiger partial charge in [-0.1, -0.05) is 19.9 Å². The van der Waals surface area contributed by atoms with Crippen molar-refractivity contribution in [1.29, 1.82) is 0 Å². The van der Waals surface area contributed by atoms with E-state index in [-0.39, 0.29) is 0 Å². The van der Waals surface area contributed by atoms with Crippen LogP contribution in [-0.2, 0) is 11.2 Å². The number of hydrogen-bond acceptors (Lipinski definition) is 2. The van der Waals surface area contributed by atoms with Crippen LogP contribution in [0, 0.1) is 11.6 Å². The molecule has 1 aromatic carbocycles. The third-order valence-electron chi connectivity index (χ3n) is 2.33. The van der Waals surface area contributed by atoms with Gasteiger partial charge >= 0.3 is 0 Å². The zero-order chi connectivity index (χ0) is 12.7. The third-order valence-corrected chi connectivity index (χ3v) is 2.33. The van der Waals surface area contributed by atoms with Crippen molar-refractivity contribution >= 4 is 0 Å². The Labute approximate surface area is 101 Å². The maximum absolute atomic E-state index is 13.2. The van der Waals surface area contributed by atoms with Crippen LogP contribution in [0.25, 0.3) is 0 Å². The standard InChI is InChI=1S/C13H19F2NO/c1-10(2)16-6-8-17-7-5-11-3-4-12(14)9-13(11)15/h3-4,9-10,16H,5-8H2,1-2H3. The number of nitrogens with one attached hydrogen (secondary N) is 1. The summed E-state index contributed by atoms with van der Waals surface area (Å²) >= 11 is 0. The normalized spacial score (nSPS) is 11.1. The lowest BCUT2D eigenvalue weighted by atomic mass is 10.1. The molecule has 0 aliphatic carbocycles. The van der Waals surface area contributed by atoms with Crippen molar-refractivity contribution in [3.8, 4) is 0 Å². The van der Waals surface area contributed by atoms with Gasteiger partial charge in [-0.3, -0.25) is 0 Å². The van der Waals surface area contributed by atoms with E-state index >= 15 is 0 Å². The molecule has 0 radical (unpaired) electrons. The van der Waals surface area contributed by atoms with Gasteiger partial charge in [0.05, 0.1) is 13.2 Å². The van der Waals surface area contributed by atoms with Gasteiger partial charge in [-0.15, -0.1) is 0 Å². The van der Waals surface area contributed by atoms with E-state index in [2.05, 4.69) is 19.2 Å². The van der Waals surface area contributed by atoms with Crippen LogP contribution in [0.3, 0.4) is 0 Å². The highest BCUT2D eigenvalue weighted by molar-refractivity contribution is 5.18. The quantitative estimate of drug-likeness (QED) is 0.743. The van der Waals surface area contributed by atoms with Gasteiger partial charge in [0.25, 0.3) is 0 Å². The minimum absolute atomic E-state index is 0.438.